The largest absolute Gasteiger partial charge is 0.416 e. The van der Waals surface area contributed by atoms with Gasteiger partial charge in [0.25, 0.3) is 0 Å². The van der Waals surface area contributed by atoms with Gasteiger partial charge in [-0.2, -0.15) is 18.4 Å². The van der Waals surface area contributed by atoms with Crippen LogP contribution in [0.2, 0.25) is 0 Å². The van der Waals surface area contributed by atoms with E-state index in [1.165, 1.54) is 18.3 Å². The first kappa shape index (κ1) is 20.3. The van der Waals surface area contributed by atoms with Gasteiger partial charge in [0, 0.05) is 18.2 Å². The molecule has 0 spiro atoms. The Kier molecular flexibility index (Phi) is 5.03. The predicted molar refractivity (Wildman–Crippen MR) is 107 cm³/mol. The molecule has 5 nitrogen and oxygen atoms in total. The second-order valence-electron chi connectivity index (χ2n) is 7.03. The number of carbonyl (C=O) groups is 1. The number of ketones is 1. The molecule has 4 rings (SSSR count). The van der Waals surface area contributed by atoms with Crippen LogP contribution in [-0.2, 0) is 12.6 Å². The molecule has 2 aromatic carbocycles. The number of aryl methyl sites for hydroxylation is 1. The van der Waals surface area contributed by atoms with Crippen molar-refractivity contribution in [2.45, 2.75) is 19.5 Å². The van der Waals surface area contributed by atoms with Crippen LogP contribution in [0.25, 0.3) is 16.9 Å². The maximum atomic E-state index is 12.9. The number of alkyl halides is 3. The van der Waals surface area contributed by atoms with Gasteiger partial charge in [0.05, 0.1) is 34.8 Å². The first-order valence-corrected chi connectivity index (χ1v) is 9.31. The van der Waals surface area contributed by atoms with Gasteiger partial charge in [0.15, 0.2) is 11.4 Å². The molecule has 0 atom stereocenters. The van der Waals surface area contributed by atoms with E-state index in [1.807, 2.05) is 6.07 Å². The Hall–Kier alpha value is -3.99. The molecule has 4 aromatic rings. The van der Waals surface area contributed by atoms with Gasteiger partial charge in [-0.3, -0.25) is 9.20 Å². The summed E-state index contributed by atoms with van der Waals surface area (Å²) in [4.78, 5) is 21.3. The molecule has 154 valence electrons. The molecule has 0 aliphatic carbocycles. The Morgan fingerprint density at radius 3 is 2.39 bits per heavy atom. The van der Waals surface area contributed by atoms with Gasteiger partial charge in [-0.25, -0.2) is 9.97 Å². The number of carbonyl (C=O) groups excluding carboxylic acids is 1. The SMILES string of the molecule is Cc1nc2cnc(C(=O)Cc3ccc(C#N)cc3)cn2c1-c1ccc(C(F)(F)F)cc1. The lowest BCUT2D eigenvalue weighted by atomic mass is 10.1. The lowest BCUT2D eigenvalue weighted by Gasteiger charge is -2.09. The van der Waals surface area contributed by atoms with Crippen molar-refractivity contribution in [1.82, 2.24) is 14.4 Å². The third-order valence-corrected chi connectivity index (χ3v) is 4.90. The Labute approximate surface area is 175 Å². The fraction of sp³-hybridized carbons (Fsp3) is 0.130. The molecular weight excluding hydrogens is 405 g/mol. The summed E-state index contributed by atoms with van der Waals surface area (Å²) >= 11 is 0. The van der Waals surface area contributed by atoms with Crippen LogP contribution in [0.1, 0.15) is 32.9 Å². The number of nitriles is 1. The zero-order valence-electron chi connectivity index (χ0n) is 16.3. The van der Waals surface area contributed by atoms with Crippen molar-refractivity contribution in [3.63, 3.8) is 0 Å². The number of imidazole rings is 1. The fourth-order valence-electron chi connectivity index (χ4n) is 3.35. The lowest BCUT2D eigenvalue weighted by molar-refractivity contribution is -0.137. The van der Waals surface area contributed by atoms with Crippen LogP contribution in [0.3, 0.4) is 0 Å². The van der Waals surface area contributed by atoms with E-state index in [4.69, 9.17) is 5.26 Å². The van der Waals surface area contributed by atoms with E-state index in [-0.39, 0.29) is 17.9 Å². The average molecular weight is 420 g/mol. The Morgan fingerprint density at radius 1 is 1.10 bits per heavy atom. The van der Waals surface area contributed by atoms with Crippen LogP contribution >= 0.6 is 0 Å². The smallest absolute Gasteiger partial charge is 0.296 e. The highest BCUT2D eigenvalue weighted by molar-refractivity contribution is 5.95. The van der Waals surface area contributed by atoms with Gasteiger partial charge in [-0.15, -0.1) is 0 Å². The molecule has 0 saturated heterocycles. The first-order chi connectivity index (χ1) is 14.8. The number of hydrogen-bond donors (Lipinski definition) is 0. The number of Topliss-reactive ketones (excluding diaryl/α,β-unsaturated/α-hetero) is 1. The van der Waals surface area contributed by atoms with Crippen molar-refractivity contribution in [2.75, 3.05) is 0 Å². The zero-order chi connectivity index (χ0) is 22.2. The van der Waals surface area contributed by atoms with Crippen LogP contribution in [-0.4, -0.2) is 20.2 Å². The number of hydrogen-bond acceptors (Lipinski definition) is 4. The van der Waals surface area contributed by atoms with E-state index in [1.54, 1.807) is 41.8 Å². The maximum absolute atomic E-state index is 12.9. The van der Waals surface area contributed by atoms with Crippen molar-refractivity contribution in [2.24, 2.45) is 0 Å². The molecule has 0 bridgehead atoms. The fourth-order valence-corrected chi connectivity index (χ4v) is 3.35. The van der Waals surface area contributed by atoms with Crippen molar-refractivity contribution in [3.05, 3.63) is 89.0 Å². The van der Waals surface area contributed by atoms with Crippen LogP contribution < -0.4 is 0 Å². The van der Waals surface area contributed by atoms with Crippen molar-refractivity contribution < 1.29 is 18.0 Å². The van der Waals surface area contributed by atoms with E-state index in [0.29, 0.717) is 28.2 Å². The molecule has 0 fully saturated rings. The van der Waals surface area contributed by atoms with Crippen LogP contribution in [0, 0.1) is 18.3 Å². The van der Waals surface area contributed by atoms with Gasteiger partial charge in [0.2, 0.25) is 0 Å². The lowest BCUT2D eigenvalue weighted by Crippen LogP contribution is -2.08. The number of fused-ring (bicyclic) bond motifs is 1. The highest BCUT2D eigenvalue weighted by Crippen LogP contribution is 2.32. The first-order valence-electron chi connectivity index (χ1n) is 9.31. The van der Waals surface area contributed by atoms with Crippen LogP contribution in [0.15, 0.2) is 60.9 Å². The monoisotopic (exact) mass is 420 g/mol. The minimum absolute atomic E-state index is 0.105. The number of benzene rings is 2. The molecule has 0 aliphatic heterocycles. The second-order valence-corrected chi connectivity index (χ2v) is 7.03. The molecule has 0 unspecified atom stereocenters. The minimum atomic E-state index is -4.41. The molecule has 0 radical (unpaired) electrons. The normalized spacial score (nSPS) is 11.5. The van der Waals surface area contributed by atoms with Crippen molar-refractivity contribution in [3.8, 4) is 17.3 Å². The van der Waals surface area contributed by atoms with Crippen molar-refractivity contribution >= 4 is 11.4 Å². The van der Waals surface area contributed by atoms with E-state index < -0.39 is 11.7 Å². The summed E-state index contributed by atoms with van der Waals surface area (Å²) in [5.41, 5.74) is 2.97. The minimum Gasteiger partial charge on any atom is -0.296 e. The van der Waals surface area contributed by atoms with Crippen molar-refractivity contribution in [1.29, 1.82) is 5.26 Å². The zero-order valence-corrected chi connectivity index (χ0v) is 16.3. The highest BCUT2D eigenvalue weighted by Gasteiger charge is 2.30. The topological polar surface area (TPSA) is 71.0 Å². The van der Waals surface area contributed by atoms with Crippen LogP contribution in [0.4, 0.5) is 13.2 Å². The summed E-state index contributed by atoms with van der Waals surface area (Å²) in [6.07, 6.45) is -1.30. The summed E-state index contributed by atoms with van der Waals surface area (Å²) in [6.45, 7) is 1.75. The number of halogens is 3. The summed E-state index contributed by atoms with van der Waals surface area (Å²) in [6, 6.07) is 13.5. The predicted octanol–water partition coefficient (Wildman–Crippen LogP) is 5.02. The van der Waals surface area contributed by atoms with E-state index in [9.17, 15) is 18.0 Å². The quantitative estimate of drug-likeness (QED) is 0.435. The van der Waals surface area contributed by atoms with Gasteiger partial charge in [0.1, 0.15) is 5.69 Å². The Morgan fingerprint density at radius 2 is 1.77 bits per heavy atom. The average Bonchev–Trinajstić information content (AvgIpc) is 3.08. The standard InChI is InChI=1S/C23H15F3N4O/c1-14-22(17-6-8-18(9-7-17)23(24,25)26)30-13-19(28-12-21(30)29-14)20(31)10-15-2-4-16(11-27)5-3-15/h2-9,12-13H,10H2,1H3. The molecule has 0 aliphatic rings. The summed E-state index contributed by atoms with van der Waals surface area (Å²) < 4.78 is 40.3. The molecule has 2 aromatic heterocycles. The summed E-state index contributed by atoms with van der Waals surface area (Å²) in [5.74, 6) is -0.226. The molecular formula is C23H15F3N4O. The summed E-state index contributed by atoms with van der Waals surface area (Å²) in [5, 5.41) is 8.87. The highest BCUT2D eigenvalue weighted by atomic mass is 19.4. The third kappa shape index (κ3) is 4.03. The third-order valence-electron chi connectivity index (χ3n) is 4.90. The maximum Gasteiger partial charge on any atom is 0.416 e. The van der Waals surface area contributed by atoms with E-state index in [2.05, 4.69) is 9.97 Å². The Bertz CT molecular complexity index is 1310. The molecule has 0 saturated carbocycles. The number of nitrogens with zero attached hydrogens (tertiary/aromatic N) is 4. The van der Waals surface area contributed by atoms with Gasteiger partial charge >= 0.3 is 6.18 Å². The summed E-state index contributed by atoms with van der Waals surface area (Å²) in [7, 11) is 0. The van der Waals surface area contributed by atoms with Crippen LogP contribution in [0.5, 0.6) is 0 Å². The van der Waals surface area contributed by atoms with E-state index in [0.717, 1.165) is 17.7 Å². The number of rotatable bonds is 4. The molecule has 0 amide bonds. The van der Waals surface area contributed by atoms with Gasteiger partial charge in [-0.05, 0) is 36.8 Å². The molecule has 2 heterocycles. The van der Waals surface area contributed by atoms with Gasteiger partial charge < -0.3 is 0 Å². The Balaban J connectivity index is 1.68. The molecule has 31 heavy (non-hydrogen) atoms. The molecule has 8 heteroatoms. The van der Waals surface area contributed by atoms with Gasteiger partial charge in [-0.1, -0.05) is 24.3 Å². The second kappa shape index (κ2) is 7.69. The van der Waals surface area contributed by atoms with E-state index >= 15 is 0 Å². The number of aromatic nitrogens is 3. The molecule has 0 N–H and O–H groups in total.